The fourth-order valence-electron chi connectivity index (χ4n) is 3.06. The first-order chi connectivity index (χ1) is 17.1. The van der Waals surface area contributed by atoms with Gasteiger partial charge in [-0.15, -0.1) is 0 Å². The Morgan fingerprint density at radius 1 is 0.784 bits per heavy atom. The maximum Gasteiger partial charge on any atom is 0.326 e. The molecule has 4 atom stereocenters. The number of nitrogens with zero attached hydrogens (tertiary/aromatic N) is 1. The number of nitrogens with one attached hydrogen (secondary N) is 3. The zero-order valence-electron chi connectivity index (χ0n) is 20.9. The van der Waals surface area contributed by atoms with Crippen LogP contribution in [0.5, 0.6) is 0 Å². The van der Waals surface area contributed by atoms with Gasteiger partial charge in [-0.2, -0.15) is 0 Å². The second kappa shape index (κ2) is 16.7. The summed E-state index contributed by atoms with van der Waals surface area (Å²) in [4.78, 5) is 75.6. The number of rotatable bonds is 18. The summed E-state index contributed by atoms with van der Waals surface area (Å²) < 4.78 is 0. The molecule has 210 valence electrons. The van der Waals surface area contributed by atoms with Crippen LogP contribution in [0.25, 0.3) is 0 Å². The van der Waals surface area contributed by atoms with Crippen LogP contribution in [0, 0.1) is 5.92 Å². The molecule has 0 aromatic heterocycles. The standard InChI is InChI=1S/C21H38N8O8/c1-10(2)16(20(36)37)29-19(35)12(4-3-9-26-21(24)25)28-18(34)13(6-8-15(31)32)27-17(33)11(22)5-7-14(23)30/h10-13,16H,3-9,22H2,1-2H3,(H2,23,30)(H,27,33)(H,28,34)(H,29,35)(H,31,32)(H,36,37)(H4,24,25,26). The Labute approximate surface area is 214 Å². The minimum atomic E-state index is -1.39. The zero-order chi connectivity index (χ0) is 28.7. The number of carboxylic acids is 2. The summed E-state index contributed by atoms with van der Waals surface area (Å²) in [5.41, 5.74) is 21.3. The third kappa shape index (κ3) is 14.3. The van der Waals surface area contributed by atoms with E-state index in [1.807, 2.05) is 0 Å². The molecule has 0 spiro atoms. The first kappa shape index (κ1) is 33.0. The van der Waals surface area contributed by atoms with Gasteiger partial charge in [-0.1, -0.05) is 13.8 Å². The number of primary amides is 1. The lowest BCUT2D eigenvalue weighted by molar-refractivity contribution is -0.143. The molecule has 0 aliphatic heterocycles. The van der Waals surface area contributed by atoms with Crippen LogP contribution in [0.1, 0.15) is 52.4 Å². The minimum Gasteiger partial charge on any atom is -0.481 e. The molecule has 4 unspecified atom stereocenters. The Kier molecular flexibility index (Phi) is 14.9. The van der Waals surface area contributed by atoms with Gasteiger partial charge in [0.15, 0.2) is 5.96 Å². The van der Waals surface area contributed by atoms with Crippen molar-refractivity contribution in [1.82, 2.24) is 16.0 Å². The lowest BCUT2D eigenvalue weighted by Gasteiger charge is -2.26. The predicted molar refractivity (Wildman–Crippen MR) is 131 cm³/mol. The lowest BCUT2D eigenvalue weighted by Crippen LogP contribution is -2.57. The van der Waals surface area contributed by atoms with Crippen molar-refractivity contribution < 1.29 is 39.0 Å². The van der Waals surface area contributed by atoms with Gasteiger partial charge in [-0.25, -0.2) is 4.79 Å². The second-order valence-electron chi connectivity index (χ2n) is 8.68. The van der Waals surface area contributed by atoms with E-state index in [4.69, 9.17) is 28.0 Å². The maximum absolute atomic E-state index is 13.0. The topological polar surface area (TPSA) is 295 Å². The highest BCUT2D eigenvalue weighted by atomic mass is 16.4. The highest BCUT2D eigenvalue weighted by molar-refractivity contribution is 5.94. The van der Waals surface area contributed by atoms with Crippen LogP contribution in [0.4, 0.5) is 0 Å². The van der Waals surface area contributed by atoms with Gasteiger partial charge >= 0.3 is 11.9 Å². The molecule has 0 saturated carbocycles. The number of hydrogen-bond acceptors (Lipinski definition) is 8. The number of aliphatic carboxylic acids is 2. The molecule has 0 saturated heterocycles. The van der Waals surface area contributed by atoms with Gasteiger partial charge in [0.2, 0.25) is 23.6 Å². The molecule has 0 rings (SSSR count). The molecule has 16 nitrogen and oxygen atoms in total. The van der Waals surface area contributed by atoms with E-state index < -0.39 is 72.1 Å². The van der Waals surface area contributed by atoms with Crippen molar-refractivity contribution in [2.75, 3.05) is 6.54 Å². The third-order valence-electron chi connectivity index (χ3n) is 5.13. The van der Waals surface area contributed by atoms with Gasteiger partial charge in [-0.3, -0.25) is 29.0 Å². The Balaban J connectivity index is 5.67. The molecular weight excluding hydrogens is 492 g/mol. The van der Waals surface area contributed by atoms with Gasteiger partial charge in [0, 0.05) is 19.4 Å². The first-order valence-corrected chi connectivity index (χ1v) is 11.6. The van der Waals surface area contributed by atoms with E-state index in [0.717, 1.165) is 0 Å². The fraction of sp³-hybridized carbons (Fsp3) is 0.667. The van der Waals surface area contributed by atoms with Crippen LogP contribution >= 0.6 is 0 Å². The average molecular weight is 531 g/mol. The molecule has 4 amide bonds. The van der Waals surface area contributed by atoms with Crippen molar-refractivity contribution in [3.05, 3.63) is 0 Å². The monoisotopic (exact) mass is 530 g/mol. The van der Waals surface area contributed by atoms with Crippen molar-refractivity contribution in [2.45, 2.75) is 76.5 Å². The largest absolute Gasteiger partial charge is 0.481 e. The number of carbonyl (C=O) groups excluding carboxylic acids is 4. The van der Waals surface area contributed by atoms with Crippen molar-refractivity contribution in [3.8, 4) is 0 Å². The summed E-state index contributed by atoms with van der Waals surface area (Å²) in [5.74, 6) is -6.37. The highest BCUT2D eigenvalue weighted by Crippen LogP contribution is 2.07. The highest BCUT2D eigenvalue weighted by Gasteiger charge is 2.31. The van der Waals surface area contributed by atoms with E-state index in [-0.39, 0.29) is 44.6 Å². The SMILES string of the molecule is CC(C)C(NC(=O)C(CCCN=C(N)N)NC(=O)C(CCC(=O)O)NC(=O)C(N)CCC(N)=O)C(=O)O. The van der Waals surface area contributed by atoms with E-state index in [1.54, 1.807) is 13.8 Å². The molecule has 16 heteroatoms. The van der Waals surface area contributed by atoms with Crippen LogP contribution in [-0.2, 0) is 28.8 Å². The van der Waals surface area contributed by atoms with Gasteiger partial charge in [0.25, 0.3) is 0 Å². The number of aliphatic imine (C=N–C) groups is 1. The quantitative estimate of drug-likeness (QED) is 0.0480. The average Bonchev–Trinajstić information content (AvgIpc) is 2.78. The maximum atomic E-state index is 13.0. The molecule has 37 heavy (non-hydrogen) atoms. The van der Waals surface area contributed by atoms with Crippen molar-refractivity contribution in [3.63, 3.8) is 0 Å². The Morgan fingerprint density at radius 2 is 1.32 bits per heavy atom. The van der Waals surface area contributed by atoms with Crippen molar-refractivity contribution >= 4 is 41.5 Å². The number of guanidine groups is 1. The summed E-state index contributed by atoms with van der Waals surface area (Å²) in [6.07, 6.45) is -0.891. The lowest BCUT2D eigenvalue weighted by atomic mass is 10.0. The molecular formula is C21H38N8O8. The van der Waals surface area contributed by atoms with Crippen LogP contribution in [0.3, 0.4) is 0 Å². The van der Waals surface area contributed by atoms with Crippen LogP contribution in [0.15, 0.2) is 4.99 Å². The van der Waals surface area contributed by atoms with Gasteiger partial charge in [0.1, 0.15) is 18.1 Å². The second-order valence-corrected chi connectivity index (χ2v) is 8.68. The third-order valence-corrected chi connectivity index (χ3v) is 5.13. The number of nitrogens with two attached hydrogens (primary N) is 4. The smallest absolute Gasteiger partial charge is 0.326 e. The molecule has 13 N–H and O–H groups in total. The first-order valence-electron chi connectivity index (χ1n) is 11.6. The molecule has 0 fully saturated rings. The normalized spacial score (nSPS) is 13.9. The van der Waals surface area contributed by atoms with Crippen LogP contribution in [0.2, 0.25) is 0 Å². The van der Waals surface area contributed by atoms with E-state index in [1.165, 1.54) is 0 Å². The predicted octanol–water partition coefficient (Wildman–Crippen LogP) is -3.31. The molecule has 0 heterocycles. The summed E-state index contributed by atoms with van der Waals surface area (Å²) in [5, 5.41) is 25.5. The minimum absolute atomic E-state index is 0.00346. The zero-order valence-corrected chi connectivity index (χ0v) is 20.9. The summed E-state index contributed by atoms with van der Waals surface area (Å²) in [6.45, 7) is 3.29. The van der Waals surface area contributed by atoms with Gasteiger partial charge in [-0.05, 0) is 31.6 Å². The molecule has 0 aliphatic rings. The molecule has 0 bridgehead atoms. The number of amides is 4. The van der Waals surface area contributed by atoms with Crippen LogP contribution < -0.4 is 38.9 Å². The Morgan fingerprint density at radius 3 is 1.81 bits per heavy atom. The summed E-state index contributed by atoms with van der Waals surface area (Å²) in [6, 6.07) is -5.09. The van der Waals surface area contributed by atoms with Gasteiger partial charge < -0.3 is 49.1 Å². The molecule has 0 aromatic rings. The van der Waals surface area contributed by atoms with Crippen molar-refractivity contribution in [1.29, 1.82) is 0 Å². The summed E-state index contributed by atoms with van der Waals surface area (Å²) >= 11 is 0. The van der Waals surface area contributed by atoms with E-state index in [2.05, 4.69) is 20.9 Å². The van der Waals surface area contributed by atoms with E-state index in [9.17, 15) is 33.9 Å². The Bertz CT molecular complexity index is 859. The molecule has 0 aromatic carbocycles. The van der Waals surface area contributed by atoms with Crippen molar-refractivity contribution in [2.24, 2.45) is 33.8 Å². The van der Waals surface area contributed by atoms with Crippen LogP contribution in [-0.4, -0.2) is 82.5 Å². The molecule has 0 radical (unpaired) electrons. The number of carbonyl (C=O) groups is 6. The Hall–Kier alpha value is -3.95. The fourth-order valence-corrected chi connectivity index (χ4v) is 3.06. The molecule has 0 aliphatic carbocycles. The van der Waals surface area contributed by atoms with E-state index >= 15 is 0 Å². The number of carboxylic acid groups (broad SMARTS) is 2. The summed E-state index contributed by atoms with van der Waals surface area (Å²) in [7, 11) is 0. The number of hydrogen-bond donors (Lipinski definition) is 9. The van der Waals surface area contributed by atoms with E-state index in [0.29, 0.717) is 0 Å². The van der Waals surface area contributed by atoms with Gasteiger partial charge in [0.05, 0.1) is 6.04 Å².